The highest BCUT2D eigenvalue weighted by Gasteiger charge is 2.19. The number of aromatic nitrogens is 6. The predicted molar refractivity (Wildman–Crippen MR) is 389 cm³/mol. The van der Waals surface area contributed by atoms with Crippen molar-refractivity contribution in [2.75, 3.05) is 0 Å². The number of benzene rings is 12. The Morgan fingerprint density at radius 1 is 0.298 bits per heavy atom. The van der Waals surface area contributed by atoms with Gasteiger partial charge in [-0.1, -0.05) is 149 Å². The summed E-state index contributed by atoms with van der Waals surface area (Å²) in [5.41, 5.74) is 19.1. The minimum Gasteiger partial charge on any atom is -0.537 e. The molecule has 10 nitrogen and oxygen atoms in total. The van der Waals surface area contributed by atoms with Crippen molar-refractivity contribution < 1.29 is 18.5 Å². The maximum absolute atomic E-state index is 8.95. The Bertz CT molecular complexity index is 6180. The smallest absolute Gasteiger partial charge is 0.537 e. The number of rotatable bonds is 7. The number of furan rings is 2. The van der Waals surface area contributed by atoms with Crippen LogP contribution in [0.25, 0.3) is 165 Å². The molecule has 0 aliphatic rings. The van der Waals surface area contributed by atoms with E-state index in [1.807, 2.05) is 54.9 Å². The van der Waals surface area contributed by atoms with Gasteiger partial charge >= 0.3 is 7.69 Å². The van der Waals surface area contributed by atoms with Crippen molar-refractivity contribution >= 4 is 155 Å². The average Bonchev–Trinajstić information content (AvgIpc) is 1.64. The minimum absolute atomic E-state index is 0.560. The number of hydrogen-bond donors (Lipinski definition) is 1. The van der Waals surface area contributed by atoms with Gasteiger partial charge in [0, 0.05) is 104 Å². The summed E-state index contributed by atoms with van der Waals surface area (Å²) in [4.78, 5) is 9.35. The zero-order chi connectivity index (χ0) is 62.4. The van der Waals surface area contributed by atoms with Crippen LogP contribution in [0.5, 0.6) is 5.75 Å². The van der Waals surface area contributed by atoms with Crippen molar-refractivity contribution in [1.82, 2.24) is 28.2 Å². The second kappa shape index (κ2) is 22.5. The van der Waals surface area contributed by atoms with Gasteiger partial charge in [0.05, 0.1) is 33.1 Å². The fourth-order valence-electron chi connectivity index (χ4n) is 14.1. The lowest BCUT2D eigenvalue weighted by Crippen LogP contribution is -1.99. The van der Waals surface area contributed by atoms with Crippen LogP contribution < -0.4 is 4.65 Å². The van der Waals surface area contributed by atoms with E-state index >= 15 is 0 Å². The molecule has 0 aliphatic carbocycles. The third kappa shape index (κ3) is 9.05. The summed E-state index contributed by atoms with van der Waals surface area (Å²) in [7, 11) is 0.687. The summed E-state index contributed by atoms with van der Waals surface area (Å²) < 4.78 is 27.6. The molecule has 0 amide bonds. The molecule has 0 saturated carbocycles. The Labute approximate surface area is 546 Å². The van der Waals surface area contributed by atoms with Crippen LogP contribution in [-0.4, -0.2) is 40.9 Å². The zero-order valence-electron chi connectivity index (χ0n) is 50.2. The van der Waals surface area contributed by atoms with Gasteiger partial charge < -0.3 is 27.6 Å². The Balaban J connectivity index is 0.000000113. The first-order valence-electron chi connectivity index (χ1n) is 31.1. The molecule has 0 saturated heterocycles. The molecule has 443 valence electrons. The van der Waals surface area contributed by atoms with Crippen LogP contribution in [-0.2, 0) is 0 Å². The summed E-state index contributed by atoms with van der Waals surface area (Å²) in [6.07, 6.45) is 3.71. The van der Waals surface area contributed by atoms with Crippen LogP contribution in [0.15, 0.2) is 317 Å². The van der Waals surface area contributed by atoms with Crippen LogP contribution in [0.2, 0.25) is 0 Å². The van der Waals surface area contributed by atoms with Crippen molar-refractivity contribution in [2.24, 2.45) is 0 Å². The summed E-state index contributed by atoms with van der Waals surface area (Å²) in [6.45, 7) is 0. The summed E-state index contributed by atoms with van der Waals surface area (Å²) in [5.74, 6) is 0.560. The molecule has 0 atom stereocenters. The van der Waals surface area contributed by atoms with E-state index in [0.717, 1.165) is 104 Å². The molecule has 0 bridgehead atoms. The normalized spacial score (nSPS) is 11.7. The highest BCUT2D eigenvalue weighted by molar-refractivity contribution is 9.10. The highest BCUT2D eigenvalue weighted by atomic mass is 79.9. The largest absolute Gasteiger partial charge is 0.569 e. The molecule has 8 aromatic heterocycles. The molecule has 12 aromatic carbocycles. The zero-order valence-corrected chi connectivity index (χ0v) is 51.8. The number of fused-ring (bicyclic) bond motifs is 18. The first-order valence-corrected chi connectivity index (χ1v) is 31.9. The molecule has 0 spiro atoms. The quantitative estimate of drug-likeness (QED) is 0.160. The molecule has 12 heteroatoms. The van der Waals surface area contributed by atoms with Gasteiger partial charge in [-0.25, -0.2) is 9.97 Å². The molecule has 0 fully saturated rings. The predicted octanol–water partition coefficient (Wildman–Crippen LogP) is 21.4. The number of nitrogens with zero attached hydrogens (tertiary/aromatic N) is 6. The fourth-order valence-corrected chi connectivity index (χ4v) is 14.4. The van der Waals surface area contributed by atoms with Gasteiger partial charge in [-0.05, 0) is 169 Å². The molecule has 0 unspecified atom stereocenters. The summed E-state index contributed by atoms with van der Waals surface area (Å²) >= 11 is 3.54. The van der Waals surface area contributed by atoms with Crippen LogP contribution in [0.4, 0.5) is 0 Å². The van der Waals surface area contributed by atoms with Gasteiger partial charge in [-0.2, -0.15) is 0 Å². The van der Waals surface area contributed by atoms with Crippen LogP contribution in [0, 0.1) is 0 Å². The highest BCUT2D eigenvalue weighted by Crippen LogP contribution is 2.41. The number of hydrogen-bond acceptors (Lipinski definition) is 6. The van der Waals surface area contributed by atoms with Crippen LogP contribution >= 0.6 is 15.9 Å². The third-order valence-electron chi connectivity index (χ3n) is 18.1. The Morgan fingerprint density at radius 3 is 1.13 bits per heavy atom. The van der Waals surface area contributed by atoms with E-state index < -0.39 is 0 Å². The molecular formula is C82H51BBrN6O4. The van der Waals surface area contributed by atoms with Crippen molar-refractivity contribution in [1.29, 1.82) is 0 Å². The summed E-state index contributed by atoms with van der Waals surface area (Å²) in [6, 6.07) is 101. The van der Waals surface area contributed by atoms with Gasteiger partial charge in [0.1, 0.15) is 39.4 Å². The van der Waals surface area contributed by atoms with Crippen molar-refractivity contribution in [3.8, 4) is 39.6 Å². The number of halogens is 1. The van der Waals surface area contributed by atoms with Gasteiger partial charge in [0.2, 0.25) is 0 Å². The molecular weight excluding hydrogens is 1220 g/mol. The maximum atomic E-state index is 8.95. The van der Waals surface area contributed by atoms with Crippen molar-refractivity contribution in [3.63, 3.8) is 0 Å². The Hall–Kier alpha value is -12.0. The third-order valence-corrected chi connectivity index (χ3v) is 18.6. The van der Waals surface area contributed by atoms with E-state index in [4.69, 9.17) is 23.5 Å². The second-order valence-corrected chi connectivity index (χ2v) is 24.3. The number of para-hydroxylation sites is 6. The van der Waals surface area contributed by atoms with E-state index in [0.29, 0.717) is 13.4 Å². The molecule has 20 rings (SSSR count). The second-order valence-electron chi connectivity index (χ2n) is 23.4. The van der Waals surface area contributed by atoms with E-state index in [2.05, 4.69) is 282 Å². The lowest BCUT2D eigenvalue weighted by molar-refractivity contribution is 0.454. The van der Waals surface area contributed by atoms with Crippen molar-refractivity contribution in [2.45, 2.75) is 0 Å². The van der Waals surface area contributed by atoms with Crippen LogP contribution in [0.1, 0.15) is 0 Å². The van der Waals surface area contributed by atoms with E-state index in [-0.39, 0.29) is 0 Å². The lowest BCUT2D eigenvalue weighted by atomic mass is 10.0. The fraction of sp³-hybridized carbons (Fsp3) is 0. The Kier molecular flexibility index (Phi) is 13.1. The monoisotopic (exact) mass is 1270 g/mol. The molecule has 20 aromatic rings. The maximum Gasteiger partial charge on any atom is 0.569 e. The molecule has 0 aliphatic heterocycles. The first kappa shape index (κ1) is 54.9. The molecule has 1 N–H and O–H groups in total. The van der Waals surface area contributed by atoms with E-state index in [1.54, 1.807) is 6.07 Å². The topological polar surface area (TPSA) is 101 Å². The van der Waals surface area contributed by atoms with E-state index in [1.165, 1.54) is 65.3 Å². The molecule has 8 heterocycles. The van der Waals surface area contributed by atoms with Gasteiger partial charge in [0.25, 0.3) is 0 Å². The Morgan fingerprint density at radius 2 is 0.660 bits per heavy atom. The van der Waals surface area contributed by atoms with Crippen molar-refractivity contribution in [3.05, 3.63) is 308 Å². The summed E-state index contributed by atoms with van der Waals surface area (Å²) in [5, 5.41) is 22.9. The standard InChI is InChI=1S/C41H25N3O.C24H15BNO3.C17H11BrN2/c1-4-15-36-30(11-1)31-12-2-5-16-37(31)43(36)29-19-21-40-35(25-29)34-24-27(18-20-39(34)45-40)26-9-7-10-28(23-26)44-38-17-6-3-13-32(38)33-14-8-22-42-41(33)44;27-25-29-16-10-12-24-20(14-16)19-13-15(9-11-23(19)28-24)26-21-7-3-1-5-17(21)18-6-2-4-8-22(18)26;18-12-5-3-6-13(11-12)20-16-9-2-1-7-14(16)15-8-4-10-19-17(15)20/h1-25H;1-14,27H;1-11H. The van der Waals surface area contributed by atoms with Gasteiger partial charge in [-0.3, -0.25) is 9.13 Å². The van der Waals surface area contributed by atoms with Gasteiger partial charge in [0.15, 0.2) is 0 Å². The molecule has 1 radical (unpaired) electrons. The van der Waals surface area contributed by atoms with Gasteiger partial charge in [-0.15, -0.1) is 0 Å². The number of pyridine rings is 2. The van der Waals surface area contributed by atoms with E-state index in [9.17, 15) is 0 Å². The lowest BCUT2D eigenvalue weighted by Gasteiger charge is -2.10. The van der Waals surface area contributed by atoms with Crippen LogP contribution in [0.3, 0.4) is 0 Å². The minimum atomic E-state index is 0.560. The molecule has 94 heavy (non-hydrogen) atoms. The SMILES string of the molecule is Brc1cccc(-n2c3ccccc3c3cccnc32)c1.O[B]Oc1ccc2oc3ccc(-n4c5ccccc5c5ccccc54)cc3c2c1.c1cc(-c2ccc3oc4ccc(-n5c6ccccc6c6ccccc65)cc4c3c2)cc(-n2c3ccccc3c3cccnc32)c1. The first-order chi connectivity index (χ1) is 46.5. The average molecular weight is 1280 g/mol.